The van der Waals surface area contributed by atoms with Crippen LogP contribution in [0.15, 0.2) is 84.0 Å². The van der Waals surface area contributed by atoms with Gasteiger partial charge < -0.3 is 0 Å². The Hall–Kier alpha value is -3.60. The topological polar surface area (TPSA) is 74.8 Å². The van der Waals surface area contributed by atoms with Crippen LogP contribution in [-0.4, -0.2) is 33.0 Å². The lowest BCUT2D eigenvalue weighted by molar-refractivity contribution is -0.116. The maximum absolute atomic E-state index is 13.0. The van der Waals surface area contributed by atoms with Crippen LogP contribution in [0.1, 0.15) is 5.56 Å². The lowest BCUT2D eigenvalue weighted by atomic mass is 10.2. The molecule has 0 aliphatic rings. The van der Waals surface area contributed by atoms with E-state index in [2.05, 4.69) is 16.3 Å². The van der Waals surface area contributed by atoms with Gasteiger partial charge in [0.2, 0.25) is 5.91 Å². The Labute approximate surface area is 201 Å². The number of rotatable bonds is 7. The molecule has 0 bridgehead atoms. The Kier molecular flexibility index (Phi) is 7.08. The van der Waals surface area contributed by atoms with E-state index in [9.17, 15) is 10.1 Å². The minimum atomic E-state index is -0.181. The first kappa shape index (κ1) is 22.6. The minimum absolute atomic E-state index is 0.0238. The number of aryl methyl sites for hydroxylation is 1. The van der Waals surface area contributed by atoms with Gasteiger partial charge in [-0.3, -0.25) is 14.3 Å². The first-order chi connectivity index (χ1) is 16.1. The third-order valence-corrected chi connectivity index (χ3v) is 6.08. The van der Waals surface area contributed by atoms with Crippen molar-refractivity contribution in [2.24, 2.45) is 0 Å². The van der Waals surface area contributed by atoms with E-state index in [1.54, 1.807) is 0 Å². The van der Waals surface area contributed by atoms with Crippen molar-refractivity contribution in [1.82, 2.24) is 14.8 Å². The lowest BCUT2D eigenvalue weighted by Crippen LogP contribution is -2.32. The molecule has 4 aromatic rings. The smallest absolute Gasteiger partial charge is 0.238 e. The zero-order valence-corrected chi connectivity index (χ0v) is 19.4. The second kappa shape index (κ2) is 10.3. The molecule has 1 aromatic heterocycles. The molecule has 4 rings (SSSR count). The van der Waals surface area contributed by atoms with Gasteiger partial charge in [0, 0.05) is 22.0 Å². The van der Waals surface area contributed by atoms with Crippen LogP contribution >= 0.6 is 23.4 Å². The standard InChI is InChI=1S/C25H20ClN5OS/c1-18-6-5-9-22(16-18)31-24(19-10-12-20(26)13-11-19)28-29-25(31)33-17-23(32)30(15-14-27)21-7-3-2-4-8-21/h2-13,16H,15,17H2,1H3. The van der Waals surface area contributed by atoms with Crippen LogP contribution in [0.3, 0.4) is 0 Å². The van der Waals surface area contributed by atoms with Crippen LogP contribution in [0.5, 0.6) is 0 Å². The van der Waals surface area contributed by atoms with Crippen molar-refractivity contribution in [3.8, 4) is 23.1 Å². The number of para-hydroxylation sites is 1. The molecule has 164 valence electrons. The highest BCUT2D eigenvalue weighted by Gasteiger charge is 2.20. The van der Waals surface area contributed by atoms with Gasteiger partial charge in [-0.15, -0.1) is 10.2 Å². The molecule has 0 unspecified atom stereocenters. The Balaban J connectivity index is 1.66. The maximum Gasteiger partial charge on any atom is 0.238 e. The molecular formula is C25H20ClN5OS. The molecule has 1 heterocycles. The highest BCUT2D eigenvalue weighted by Crippen LogP contribution is 2.29. The van der Waals surface area contributed by atoms with Crippen molar-refractivity contribution in [1.29, 1.82) is 5.26 Å². The van der Waals surface area contributed by atoms with Crippen LogP contribution < -0.4 is 4.90 Å². The van der Waals surface area contributed by atoms with Gasteiger partial charge in [0.1, 0.15) is 6.54 Å². The fourth-order valence-corrected chi connectivity index (χ4v) is 4.31. The Morgan fingerprint density at radius 2 is 1.82 bits per heavy atom. The molecule has 6 nitrogen and oxygen atoms in total. The van der Waals surface area contributed by atoms with Gasteiger partial charge in [-0.05, 0) is 61.0 Å². The fourth-order valence-electron chi connectivity index (χ4n) is 3.36. The molecular weight excluding hydrogens is 454 g/mol. The molecule has 33 heavy (non-hydrogen) atoms. The zero-order chi connectivity index (χ0) is 23.2. The van der Waals surface area contributed by atoms with Crippen LogP contribution in [-0.2, 0) is 4.79 Å². The Morgan fingerprint density at radius 3 is 2.52 bits per heavy atom. The number of carbonyl (C=O) groups is 1. The molecule has 8 heteroatoms. The number of carbonyl (C=O) groups excluding carboxylic acids is 1. The largest absolute Gasteiger partial charge is 0.298 e. The molecule has 0 N–H and O–H groups in total. The van der Waals surface area contributed by atoms with Gasteiger partial charge in [0.15, 0.2) is 11.0 Å². The summed E-state index contributed by atoms with van der Waals surface area (Å²) in [6.45, 7) is 2.00. The normalized spacial score (nSPS) is 10.6. The third-order valence-electron chi connectivity index (χ3n) is 4.92. The van der Waals surface area contributed by atoms with Crippen LogP contribution in [0.4, 0.5) is 5.69 Å². The van der Waals surface area contributed by atoms with Gasteiger partial charge in [-0.25, -0.2) is 0 Å². The number of hydrogen-bond donors (Lipinski definition) is 0. The minimum Gasteiger partial charge on any atom is -0.298 e. The molecule has 0 aliphatic heterocycles. The highest BCUT2D eigenvalue weighted by atomic mass is 35.5. The second-order valence-corrected chi connectivity index (χ2v) is 8.63. The van der Waals surface area contributed by atoms with E-state index in [1.165, 1.54) is 16.7 Å². The molecule has 0 spiro atoms. The van der Waals surface area contributed by atoms with E-state index in [0.717, 1.165) is 16.8 Å². The van der Waals surface area contributed by atoms with E-state index in [1.807, 2.05) is 90.4 Å². The van der Waals surface area contributed by atoms with Crippen molar-refractivity contribution < 1.29 is 4.79 Å². The summed E-state index contributed by atoms with van der Waals surface area (Å²) in [6, 6.07) is 26.7. The van der Waals surface area contributed by atoms with Crippen molar-refractivity contribution >= 4 is 35.0 Å². The molecule has 0 saturated carbocycles. The second-order valence-electron chi connectivity index (χ2n) is 7.25. The lowest BCUT2D eigenvalue weighted by Gasteiger charge is -2.19. The van der Waals surface area contributed by atoms with Crippen LogP contribution in [0, 0.1) is 18.3 Å². The Morgan fingerprint density at radius 1 is 1.06 bits per heavy atom. The van der Waals surface area contributed by atoms with E-state index in [-0.39, 0.29) is 18.2 Å². The summed E-state index contributed by atoms with van der Waals surface area (Å²) < 4.78 is 1.94. The quantitative estimate of drug-likeness (QED) is 0.260. The Bertz CT molecular complexity index is 1300. The SMILES string of the molecule is Cc1cccc(-n2c(SCC(=O)N(CC#N)c3ccccc3)nnc2-c2ccc(Cl)cc2)c1. The first-order valence-electron chi connectivity index (χ1n) is 10.2. The number of halogens is 1. The van der Waals surface area contributed by atoms with E-state index in [4.69, 9.17) is 11.6 Å². The monoisotopic (exact) mass is 473 g/mol. The van der Waals surface area contributed by atoms with Gasteiger partial charge in [0.25, 0.3) is 0 Å². The summed E-state index contributed by atoms with van der Waals surface area (Å²) in [4.78, 5) is 14.5. The zero-order valence-electron chi connectivity index (χ0n) is 17.9. The summed E-state index contributed by atoms with van der Waals surface area (Å²) in [5.74, 6) is 0.588. The van der Waals surface area contributed by atoms with Crippen molar-refractivity contribution in [3.05, 3.63) is 89.4 Å². The fraction of sp³-hybridized carbons (Fsp3) is 0.120. The number of hydrogen-bond acceptors (Lipinski definition) is 5. The van der Waals surface area contributed by atoms with Crippen molar-refractivity contribution in [2.75, 3.05) is 17.2 Å². The number of aromatic nitrogens is 3. The van der Waals surface area contributed by atoms with Crippen molar-refractivity contribution in [3.63, 3.8) is 0 Å². The predicted molar refractivity (Wildman–Crippen MR) is 132 cm³/mol. The van der Waals surface area contributed by atoms with E-state index in [0.29, 0.717) is 21.7 Å². The average Bonchev–Trinajstić information content (AvgIpc) is 3.26. The van der Waals surface area contributed by atoms with Gasteiger partial charge >= 0.3 is 0 Å². The summed E-state index contributed by atoms with van der Waals surface area (Å²) in [6.07, 6.45) is 0. The molecule has 0 radical (unpaired) electrons. The van der Waals surface area contributed by atoms with Gasteiger partial charge in [0.05, 0.1) is 11.8 Å². The maximum atomic E-state index is 13.0. The third kappa shape index (κ3) is 5.25. The van der Waals surface area contributed by atoms with Gasteiger partial charge in [-0.1, -0.05) is 53.7 Å². The summed E-state index contributed by atoms with van der Waals surface area (Å²) in [5.41, 5.74) is 3.55. The van der Waals surface area contributed by atoms with Crippen molar-refractivity contribution in [2.45, 2.75) is 12.1 Å². The number of nitriles is 1. The van der Waals surface area contributed by atoms with Crippen LogP contribution in [0.25, 0.3) is 17.1 Å². The van der Waals surface area contributed by atoms with E-state index < -0.39 is 0 Å². The number of amides is 1. The van der Waals surface area contributed by atoms with Crippen LogP contribution in [0.2, 0.25) is 5.02 Å². The highest BCUT2D eigenvalue weighted by molar-refractivity contribution is 7.99. The first-order valence-corrected chi connectivity index (χ1v) is 11.6. The number of anilines is 1. The average molecular weight is 474 g/mol. The van der Waals surface area contributed by atoms with E-state index >= 15 is 0 Å². The molecule has 1 amide bonds. The number of benzene rings is 3. The summed E-state index contributed by atoms with van der Waals surface area (Å²) >= 11 is 7.35. The van der Waals surface area contributed by atoms with Gasteiger partial charge in [-0.2, -0.15) is 5.26 Å². The predicted octanol–water partition coefficient (Wildman–Crippen LogP) is 5.55. The molecule has 0 aliphatic carbocycles. The molecule has 0 fully saturated rings. The summed E-state index contributed by atoms with van der Waals surface area (Å²) in [5, 5.41) is 19.2. The summed E-state index contributed by atoms with van der Waals surface area (Å²) in [7, 11) is 0. The number of thioether (sulfide) groups is 1. The molecule has 0 atom stereocenters. The number of nitrogens with zero attached hydrogens (tertiary/aromatic N) is 5. The molecule has 0 saturated heterocycles. The molecule has 3 aromatic carbocycles.